The van der Waals surface area contributed by atoms with Crippen molar-refractivity contribution in [2.45, 2.75) is 43.5 Å². The average molecular weight is 458 g/mol. The molecule has 1 aromatic heterocycles. The van der Waals surface area contributed by atoms with E-state index in [0.717, 1.165) is 12.8 Å². The zero-order valence-corrected chi connectivity index (χ0v) is 18.6. The van der Waals surface area contributed by atoms with E-state index in [0.29, 0.717) is 30.7 Å². The minimum Gasteiger partial charge on any atom is -0.467 e. The maximum atomic E-state index is 13.0. The van der Waals surface area contributed by atoms with Crippen LogP contribution in [-0.2, 0) is 32.4 Å². The summed E-state index contributed by atoms with van der Waals surface area (Å²) in [7, 11) is -3.59. The Labute approximate surface area is 187 Å². The Bertz CT molecular complexity index is 1060. The van der Waals surface area contributed by atoms with Gasteiger partial charge in [0.1, 0.15) is 12.3 Å². The lowest BCUT2D eigenvalue weighted by Crippen LogP contribution is -2.39. The lowest BCUT2D eigenvalue weighted by molar-refractivity contribution is -0.127. The van der Waals surface area contributed by atoms with Gasteiger partial charge in [-0.2, -0.15) is 5.26 Å². The lowest BCUT2D eigenvalue weighted by atomic mass is 9.80. The van der Waals surface area contributed by atoms with E-state index in [1.54, 1.807) is 24.3 Å². The van der Waals surface area contributed by atoms with Crippen LogP contribution in [0.25, 0.3) is 0 Å². The monoisotopic (exact) mass is 457 g/mol. The Morgan fingerprint density at radius 1 is 1.09 bits per heavy atom. The van der Waals surface area contributed by atoms with Crippen molar-refractivity contribution < 1.29 is 22.4 Å². The fourth-order valence-electron chi connectivity index (χ4n) is 4.05. The highest BCUT2D eigenvalue weighted by Gasteiger charge is 2.34. The van der Waals surface area contributed by atoms with Crippen molar-refractivity contribution in [3.05, 3.63) is 54.0 Å². The Balaban J connectivity index is 1.59. The van der Waals surface area contributed by atoms with Gasteiger partial charge in [-0.3, -0.25) is 9.59 Å². The first kappa shape index (κ1) is 23.5. The fraction of sp³-hybridized carbons (Fsp3) is 0.435. The summed E-state index contributed by atoms with van der Waals surface area (Å²) in [6, 6.07) is 11.7. The number of carbonyl (C=O) groups excluding carboxylic acids is 2. The molecule has 1 aliphatic rings. The molecule has 170 valence electrons. The molecule has 1 fully saturated rings. The second-order valence-corrected chi connectivity index (χ2v) is 10.0. The minimum absolute atomic E-state index is 0.0780. The summed E-state index contributed by atoms with van der Waals surface area (Å²) >= 11 is 0. The Morgan fingerprint density at radius 3 is 2.53 bits per heavy atom. The van der Waals surface area contributed by atoms with Crippen molar-refractivity contribution in [1.82, 2.24) is 10.6 Å². The molecule has 0 bridgehead atoms. The summed E-state index contributed by atoms with van der Waals surface area (Å²) in [6.45, 7) is 0.216. The van der Waals surface area contributed by atoms with Gasteiger partial charge in [-0.05, 0) is 48.6 Å². The lowest BCUT2D eigenvalue weighted by Gasteiger charge is -2.30. The molecule has 8 nitrogen and oxygen atoms in total. The second-order valence-electron chi connectivity index (χ2n) is 7.99. The van der Waals surface area contributed by atoms with Gasteiger partial charge in [-0.15, -0.1) is 0 Å². The maximum Gasteiger partial charge on any atom is 0.224 e. The van der Waals surface area contributed by atoms with E-state index in [9.17, 15) is 18.0 Å². The van der Waals surface area contributed by atoms with Gasteiger partial charge in [0.25, 0.3) is 0 Å². The number of hydrogen-bond acceptors (Lipinski definition) is 6. The molecule has 0 radical (unpaired) electrons. The van der Waals surface area contributed by atoms with Gasteiger partial charge in [-0.1, -0.05) is 25.0 Å². The van der Waals surface area contributed by atoms with Crippen LogP contribution in [0, 0.1) is 23.2 Å². The van der Waals surface area contributed by atoms with Crippen molar-refractivity contribution in [3.8, 4) is 6.07 Å². The third-order valence-corrected chi connectivity index (χ3v) is 7.57. The number of amides is 2. The molecule has 0 saturated heterocycles. The number of nitrogens with zero attached hydrogens (tertiary/aromatic N) is 1. The average Bonchev–Trinajstić information content (AvgIpc) is 3.30. The molecular weight excluding hydrogens is 430 g/mol. The smallest absolute Gasteiger partial charge is 0.224 e. The van der Waals surface area contributed by atoms with Gasteiger partial charge in [0, 0.05) is 5.92 Å². The molecule has 3 rings (SSSR count). The quantitative estimate of drug-likeness (QED) is 0.556. The molecule has 0 unspecified atom stereocenters. The predicted molar refractivity (Wildman–Crippen MR) is 117 cm³/mol. The van der Waals surface area contributed by atoms with E-state index in [1.165, 1.54) is 18.4 Å². The molecule has 2 N–H and O–H groups in total. The van der Waals surface area contributed by atoms with Crippen LogP contribution in [0.5, 0.6) is 0 Å². The highest BCUT2D eigenvalue weighted by molar-refractivity contribution is 7.91. The summed E-state index contributed by atoms with van der Waals surface area (Å²) in [5.74, 6) is -0.570. The largest absolute Gasteiger partial charge is 0.467 e. The zero-order chi connectivity index (χ0) is 23.0. The van der Waals surface area contributed by atoms with Gasteiger partial charge in [0.15, 0.2) is 9.84 Å². The molecular formula is C23H27N3O5S. The van der Waals surface area contributed by atoms with Crippen LogP contribution in [0.2, 0.25) is 0 Å². The molecule has 1 aliphatic carbocycles. The van der Waals surface area contributed by atoms with Crippen molar-refractivity contribution in [3.63, 3.8) is 0 Å². The number of rotatable bonds is 9. The number of nitrogens with one attached hydrogen (secondary N) is 2. The molecule has 32 heavy (non-hydrogen) atoms. The van der Waals surface area contributed by atoms with Crippen LogP contribution in [0.4, 0.5) is 0 Å². The normalized spacial score (nSPS) is 18.5. The van der Waals surface area contributed by atoms with Crippen LogP contribution in [-0.4, -0.2) is 32.5 Å². The predicted octanol–water partition coefficient (Wildman–Crippen LogP) is 2.36. The van der Waals surface area contributed by atoms with Gasteiger partial charge in [-0.25, -0.2) is 8.42 Å². The molecule has 1 aromatic carbocycles. The van der Waals surface area contributed by atoms with Crippen LogP contribution in [0.15, 0.2) is 52.0 Å². The molecule has 1 heterocycles. The summed E-state index contributed by atoms with van der Waals surface area (Å²) in [6.07, 6.45) is 4.72. The summed E-state index contributed by atoms with van der Waals surface area (Å²) < 4.78 is 31.1. The summed E-state index contributed by atoms with van der Waals surface area (Å²) in [5, 5.41) is 14.0. The summed E-state index contributed by atoms with van der Waals surface area (Å²) in [4.78, 5) is 24.6. The van der Waals surface area contributed by atoms with Crippen LogP contribution in [0.3, 0.4) is 0 Å². The fourth-order valence-corrected chi connectivity index (χ4v) is 5.76. The maximum absolute atomic E-state index is 13.0. The van der Waals surface area contributed by atoms with Crippen LogP contribution in [0.1, 0.15) is 37.0 Å². The van der Waals surface area contributed by atoms with Gasteiger partial charge >= 0.3 is 0 Å². The van der Waals surface area contributed by atoms with Crippen molar-refractivity contribution >= 4 is 21.7 Å². The van der Waals surface area contributed by atoms with Crippen molar-refractivity contribution in [1.29, 1.82) is 5.26 Å². The van der Waals surface area contributed by atoms with E-state index in [4.69, 9.17) is 9.68 Å². The minimum atomic E-state index is -3.59. The molecule has 2 aromatic rings. The first-order valence-corrected chi connectivity index (χ1v) is 12.3. The standard InChI is InChI=1S/C23H27N3O5S/c24-11-12-25-23(28)21-6-2-1-4-18(21)16-32(29,30)20-9-7-17(8-10-20)14-22(27)26-15-19-5-3-13-31-19/h3,5,7-10,13,18,21H,1-2,4,6,12,14-16H2,(H,25,28)(H,26,27)/t18-,21+/m0/s1. The van der Waals surface area contributed by atoms with Gasteiger partial charge in [0.05, 0.1) is 35.9 Å². The zero-order valence-electron chi connectivity index (χ0n) is 17.7. The number of sulfone groups is 1. The van der Waals surface area contributed by atoms with Gasteiger partial charge < -0.3 is 15.1 Å². The van der Waals surface area contributed by atoms with E-state index < -0.39 is 15.8 Å². The molecule has 9 heteroatoms. The number of carbonyl (C=O) groups is 2. The molecule has 0 aliphatic heterocycles. The summed E-state index contributed by atoms with van der Waals surface area (Å²) in [5.41, 5.74) is 0.701. The highest BCUT2D eigenvalue weighted by atomic mass is 32.2. The van der Waals surface area contributed by atoms with Crippen LogP contribution < -0.4 is 10.6 Å². The second kappa shape index (κ2) is 11.0. The number of nitriles is 1. The Hall–Kier alpha value is -3.12. The van der Waals surface area contributed by atoms with E-state index in [1.807, 2.05) is 6.07 Å². The first-order chi connectivity index (χ1) is 15.4. The third-order valence-electron chi connectivity index (χ3n) is 5.71. The molecule has 2 amide bonds. The molecule has 2 atom stereocenters. The van der Waals surface area contributed by atoms with Crippen molar-refractivity contribution in [2.24, 2.45) is 11.8 Å². The Kier molecular flexibility index (Phi) is 8.06. The van der Waals surface area contributed by atoms with E-state index in [2.05, 4.69) is 10.6 Å². The topological polar surface area (TPSA) is 129 Å². The number of hydrogen-bond donors (Lipinski definition) is 2. The number of furan rings is 1. The van der Waals surface area contributed by atoms with E-state index >= 15 is 0 Å². The molecule has 1 saturated carbocycles. The first-order valence-electron chi connectivity index (χ1n) is 10.6. The van der Waals surface area contributed by atoms with E-state index in [-0.39, 0.29) is 41.3 Å². The van der Waals surface area contributed by atoms with Crippen molar-refractivity contribution in [2.75, 3.05) is 12.3 Å². The van der Waals surface area contributed by atoms with Gasteiger partial charge in [0.2, 0.25) is 11.8 Å². The Morgan fingerprint density at radius 2 is 1.84 bits per heavy atom. The highest BCUT2D eigenvalue weighted by Crippen LogP contribution is 2.32. The number of benzene rings is 1. The third kappa shape index (κ3) is 6.44. The SMILES string of the molecule is N#CCNC(=O)[C@@H]1CCCC[C@H]1CS(=O)(=O)c1ccc(CC(=O)NCc2ccco2)cc1. The van der Waals surface area contributed by atoms with Crippen LogP contribution >= 0.6 is 0 Å². The molecule has 0 spiro atoms.